The Hall–Kier alpha value is -5.09. The van der Waals surface area contributed by atoms with Crippen molar-refractivity contribution in [1.82, 2.24) is 0 Å². The molecule has 0 bridgehead atoms. The number of rotatable bonds is 6. The molecule has 4 aromatic carbocycles. The fourth-order valence-corrected chi connectivity index (χ4v) is 3.89. The van der Waals surface area contributed by atoms with Crippen LogP contribution in [0.25, 0.3) is 0 Å². The van der Waals surface area contributed by atoms with Gasteiger partial charge in [-0.1, -0.05) is 41.9 Å². The molecule has 0 saturated carbocycles. The zero-order valence-electron chi connectivity index (χ0n) is 22.7. The van der Waals surface area contributed by atoms with E-state index < -0.39 is 63.7 Å². The van der Waals surface area contributed by atoms with Gasteiger partial charge in [0.15, 0.2) is 17.5 Å². The number of aryl methyl sites for hydroxylation is 1. The lowest BCUT2D eigenvalue weighted by Gasteiger charge is -2.19. The molecular weight excluding hydrogens is 595 g/mol. The van der Waals surface area contributed by atoms with Gasteiger partial charge in [0.25, 0.3) is 0 Å². The summed E-state index contributed by atoms with van der Waals surface area (Å²) in [6.45, 7) is 1.81. The molecule has 10 heteroatoms. The van der Waals surface area contributed by atoms with E-state index in [0.29, 0.717) is 42.7 Å². The average molecular weight is 615 g/mol. The van der Waals surface area contributed by atoms with Crippen LogP contribution in [0.2, 0.25) is 0 Å². The highest BCUT2D eigenvalue weighted by atomic mass is 19.3. The lowest BCUT2D eigenvalue weighted by molar-refractivity contribution is -0.187. The maximum absolute atomic E-state index is 14.7. The second-order valence-electron chi connectivity index (χ2n) is 9.25. The molecule has 0 aliphatic heterocycles. The van der Waals surface area contributed by atoms with Crippen molar-refractivity contribution in [3.05, 3.63) is 147 Å². The molecule has 4 aromatic rings. The van der Waals surface area contributed by atoms with Crippen LogP contribution in [0.5, 0.6) is 5.75 Å². The minimum atomic E-state index is -4.26. The molecule has 44 heavy (non-hydrogen) atoms. The second-order valence-corrected chi connectivity index (χ2v) is 9.25. The summed E-state index contributed by atoms with van der Waals surface area (Å²) >= 11 is 0. The monoisotopic (exact) mass is 614 g/mol. The lowest BCUT2D eigenvalue weighted by Crippen LogP contribution is -2.23. The molecule has 0 atom stereocenters. The van der Waals surface area contributed by atoms with E-state index in [1.165, 1.54) is 12.1 Å². The van der Waals surface area contributed by atoms with E-state index in [-0.39, 0.29) is 16.7 Å². The largest absolute Gasteiger partial charge is 0.429 e. The fraction of sp³-hybridized carbons (Fsp3) is 0.118. The van der Waals surface area contributed by atoms with Crippen molar-refractivity contribution in [3.63, 3.8) is 0 Å². The summed E-state index contributed by atoms with van der Waals surface area (Å²) in [5, 5.41) is 0. The van der Waals surface area contributed by atoms with Gasteiger partial charge in [-0.05, 0) is 67.8 Å². The van der Waals surface area contributed by atoms with Gasteiger partial charge in [0, 0.05) is 23.3 Å². The molecule has 0 amide bonds. The van der Waals surface area contributed by atoms with Crippen LogP contribution in [0.3, 0.4) is 0 Å². The molecule has 224 valence electrons. The van der Waals surface area contributed by atoms with Gasteiger partial charge in [-0.3, -0.25) is 0 Å². The first-order chi connectivity index (χ1) is 20.9. The minimum Gasteiger partial charge on any atom is -0.429 e. The topological polar surface area (TPSA) is 9.23 Å². The van der Waals surface area contributed by atoms with Gasteiger partial charge in [-0.15, -0.1) is 0 Å². The summed E-state index contributed by atoms with van der Waals surface area (Å²) < 4.78 is 132. The Morgan fingerprint density at radius 2 is 1.30 bits per heavy atom. The Kier molecular flexibility index (Phi) is 9.75. The highest BCUT2D eigenvalue weighted by molar-refractivity contribution is 5.50. The van der Waals surface area contributed by atoms with E-state index in [1.807, 2.05) is 6.08 Å². The number of ether oxygens (including phenoxy) is 1. The molecule has 0 aliphatic rings. The van der Waals surface area contributed by atoms with E-state index in [2.05, 4.69) is 28.4 Å². The Morgan fingerprint density at radius 3 is 1.91 bits per heavy atom. The number of hydrogen-bond acceptors (Lipinski definition) is 1. The van der Waals surface area contributed by atoms with E-state index in [4.69, 9.17) is 0 Å². The van der Waals surface area contributed by atoms with Crippen molar-refractivity contribution < 1.29 is 44.3 Å². The summed E-state index contributed by atoms with van der Waals surface area (Å²) in [7, 11) is 0. The van der Waals surface area contributed by atoms with Crippen LogP contribution in [-0.4, -0.2) is 0 Å². The van der Waals surface area contributed by atoms with Crippen LogP contribution >= 0.6 is 0 Å². The highest BCUT2D eigenvalue weighted by Gasteiger charge is 2.38. The zero-order valence-corrected chi connectivity index (χ0v) is 22.7. The number of alkyl halides is 2. The molecule has 0 aliphatic carbocycles. The molecule has 0 spiro atoms. The Balaban J connectivity index is 1.51. The molecule has 0 N–H and O–H groups in total. The van der Waals surface area contributed by atoms with E-state index in [9.17, 15) is 39.5 Å². The van der Waals surface area contributed by atoms with Gasteiger partial charge >= 0.3 is 6.11 Å². The van der Waals surface area contributed by atoms with Gasteiger partial charge in [0.05, 0.1) is 16.7 Å². The Morgan fingerprint density at radius 1 is 0.659 bits per heavy atom. The van der Waals surface area contributed by atoms with Gasteiger partial charge in [-0.2, -0.15) is 8.78 Å². The minimum absolute atomic E-state index is 0.0535. The normalized spacial score (nSPS) is 11.1. The summed E-state index contributed by atoms with van der Waals surface area (Å²) in [6.07, 6.45) is 0.362. The summed E-state index contributed by atoms with van der Waals surface area (Å²) in [4.78, 5) is 0. The van der Waals surface area contributed by atoms with Gasteiger partial charge in [-0.25, -0.2) is 30.7 Å². The predicted molar refractivity (Wildman–Crippen MR) is 145 cm³/mol. The van der Waals surface area contributed by atoms with Crippen molar-refractivity contribution in [2.24, 2.45) is 0 Å². The van der Waals surface area contributed by atoms with E-state index >= 15 is 0 Å². The molecule has 0 fully saturated rings. The molecule has 1 nitrogen and oxygen atoms in total. The van der Waals surface area contributed by atoms with E-state index in [1.54, 1.807) is 13.0 Å². The maximum Gasteiger partial charge on any atom is 0.429 e. The zero-order chi connectivity index (χ0) is 32.0. The van der Waals surface area contributed by atoms with Crippen LogP contribution in [0.15, 0.2) is 72.8 Å². The van der Waals surface area contributed by atoms with Crippen molar-refractivity contribution in [2.45, 2.75) is 25.9 Å². The molecular formula is C34H19F9O. The molecule has 0 radical (unpaired) electrons. The summed E-state index contributed by atoms with van der Waals surface area (Å²) in [5.74, 6) is -1.38. The third-order valence-corrected chi connectivity index (χ3v) is 6.07. The second kappa shape index (κ2) is 13.5. The van der Waals surface area contributed by atoms with Gasteiger partial charge in [0.1, 0.15) is 29.0 Å². The van der Waals surface area contributed by atoms with Crippen molar-refractivity contribution in [3.8, 4) is 29.4 Å². The van der Waals surface area contributed by atoms with Crippen molar-refractivity contribution in [2.75, 3.05) is 0 Å². The van der Waals surface area contributed by atoms with Gasteiger partial charge in [0.2, 0.25) is 0 Å². The first-order valence-corrected chi connectivity index (χ1v) is 12.8. The van der Waals surface area contributed by atoms with Crippen LogP contribution in [0.4, 0.5) is 39.5 Å². The Bertz CT molecular complexity index is 1830. The fourth-order valence-electron chi connectivity index (χ4n) is 3.89. The number of allylic oxidation sites excluding steroid dienone is 2. The van der Waals surface area contributed by atoms with Crippen LogP contribution in [0, 0.1) is 64.4 Å². The average Bonchev–Trinajstić information content (AvgIpc) is 2.94. The summed E-state index contributed by atoms with van der Waals surface area (Å²) in [5.41, 5.74) is -2.01. The number of benzene rings is 4. The molecule has 4 rings (SSSR count). The SMILES string of the molecule is C/C=C/CCc1ccc(C(F)(F)Oc2cc(F)c(C#Cc3ccc(C#Cc4cc(F)c(F)c(F)c4)c(F)c3)c(F)c2)c(F)c1. The first kappa shape index (κ1) is 31.8. The molecule has 0 saturated heterocycles. The molecule has 0 aromatic heterocycles. The number of hydrogen-bond donors (Lipinski definition) is 0. The van der Waals surface area contributed by atoms with Crippen LogP contribution < -0.4 is 4.74 Å². The van der Waals surface area contributed by atoms with Gasteiger partial charge < -0.3 is 4.74 Å². The quantitative estimate of drug-likeness (QED) is 0.0912. The third kappa shape index (κ3) is 7.64. The summed E-state index contributed by atoms with van der Waals surface area (Å²) in [6, 6.07) is 8.49. The lowest BCUT2D eigenvalue weighted by atomic mass is 10.1. The van der Waals surface area contributed by atoms with Crippen LogP contribution in [-0.2, 0) is 12.5 Å². The molecule has 0 unspecified atom stereocenters. The predicted octanol–water partition coefficient (Wildman–Crippen LogP) is 9.10. The van der Waals surface area contributed by atoms with Crippen molar-refractivity contribution >= 4 is 0 Å². The highest BCUT2D eigenvalue weighted by Crippen LogP contribution is 2.35. The van der Waals surface area contributed by atoms with Crippen molar-refractivity contribution in [1.29, 1.82) is 0 Å². The number of halogens is 9. The molecule has 0 heterocycles. The van der Waals surface area contributed by atoms with E-state index in [0.717, 1.165) is 24.3 Å². The third-order valence-electron chi connectivity index (χ3n) is 6.07. The van der Waals surface area contributed by atoms with Crippen LogP contribution in [0.1, 0.15) is 46.7 Å². The Labute approximate surface area is 246 Å². The maximum atomic E-state index is 14.7. The standard InChI is InChI=1S/C34H19F9O/c1-2-3-4-5-20-9-13-26(30(38)15-20)34(42,43)44-24-18-28(36)25(29(37)19-24)12-8-21-6-10-23(27(35)14-21)11-7-22-16-31(39)33(41)32(40)17-22/h2-3,6,9-10,13-19H,4-5H2,1H3/b3-2+. The smallest absolute Gasteiger partial charge is 0.429 e. The first-order valence-electron chi connectivity index (χ1n) is 12.8.